The van der Waals surface area contributed by atoms with Gasteiger partial charge in [-0.15, -0.1) is 0 Å². The summed E-state index contributed by atoms with van der Waals surface area (Å²) in [5, 5.41) is 5.06. The highest BCUT2D eigenvalue weighted by Crippen LogP contribution is 2.33. The molecule has 4 aromatic rings. The summed E-state index contributed by atoms with van der Waals surface area (Å²) in [6, 6.07) is 26.4. The van der Waals surface area contributed by atoms with Gasteiger partial charge in [-0.25, -0.2) is 4.39 Å². The Morgan fingerprint density at radius 1 is 0.923 bits per heavy atom. The molecule has 0 aliphatic heterocycles. The standard InChI is InChI=1S/C32H32BrFN2O3/c1-3-22(2)35-32(38)28(19-23-9-5-4-6-10-23)36(20-24-13-16-26(34)17-14-24)30(37)21-39-29-18-15-25-11-7-8-12-27(25)31(29)33/h4-18,22,28H,3,19-21H2,1-2H3,(H,35,38). The third-order valence-electron chi connectivity index (χ3n) is 6.72. The SMILES string of the molecule is CCC(C)NC(=O)C(Cc1ccccc1)N(Cc1ccc(F)cc1)C(=O)COc1ccc2ccccc2c1Br. The normalized spacial score (nSPS) is 12.5. The topological polar surface area (TPSA) is 58.6 Å². The number of hydrogen-bond donors (Lipinski definition) is 1. The highest BCUT2D eigenvalue weighted by atomic mass is 79.9. The minimum Gasteiger partial charge on any atom is -0.483 e. The molecule has 0 aliphatic carbocycles. The van der Waals surface area contributed by atoms with Crippen molar-refractivity contribution in [2.24, 2.45) is 0 Å². The zero-order chi connectivity index (χ0) is 27.8. The average molecular weight is 592 g/mol. The Hall–Kier alpha value is -3.71. The first-order valence-electron chi connectivity index (χ1n) is 13.0. The Labute approximate surface area is 237 Å². The lowest BCUT2D eigenvalue weighted by molar-refractivity contribution is -0.143. The van der Waals surface area contributed by atoms with Crippen molar-refractivity contribution in [3.8, 4) is 5.75 Å². The van der Waals surface area contributed by atoms with E-state index in [9.17, 15) is 14.0 Å². The Morgan fingerprint density at radius 2 is 1.62 bits per heavy atom. The van der Waals surface area contributed by atoms with Gasteiger partial charge in [-0.3, -0.25) is 9.59 Å². The second kappa shape index (κ2) is 13.4. The number of carbonyl (C=O) groups excluding carboxylic acids is 2. The number of ether oxygens (including phenoxy) is 1. The molecule has 7 heteroatoms. The molecule has 4 aromatic carbocycles. The maximum Gasteiger partial charge on any atom is 0.261 e. The van der Waals surface area contributed by atoms with Crippen LogP contribution in [0.15, 0.2) is 95.5 Å². The van der Waals surface area contributed by atoms with Crippen LogP contribution in [0.2, 0.25) is 0 Å². The fourth-order valence-corrected chi connectivity index (χ4v) is 4.94. The van der Waals surface area contributed by atoms with Gasteiger partial charge in [0.15, 0.2) is 6.61 Å². The maximum atomic E-state index is 13.8. The van der Waals surface area contributed by atoms with Crippen molar-refractivity contribution in [3.63, 3.8) is 0 Å². The van der Waals surface area contributed by atoms with E-state index in [4.69, 9.17) is 4.74 Å². The molecule has 0 radical (unpaired) electrons. The monoisotopic (exact) mass is 590 g/mol. The van der Waals surface area contributed by atoms with Crippen molar-refractivity contribution < 1.29 is 18.7 Å². The molecule has 0 heterocycles. The van der Waals surface area contributed by atoms with Crippen molar-refractivity contribution in [2.75, 3.05) is 6.61 Å². The largest absolute Gasteiger partial charge is 0.483 e. The van der Waals surface area contributed by atoms with E-state index in [0.717, 1.165) is 27.2 Å². The van der Waals surface area contributed by atoms with E-state index < -0.39 is 6.04 Å². The fraction of sp³-hybridized carbons (Fsp3) is 0.250. The van der Waals surface area contributed by atoms with Gasteiger partial charge in [0.2, 0.25) is 5.91 Å². The summed E-state index contributed by atoms with van der Waals surface area (Å²) >= 11 is 3.61. The van der Waals surface area contributed by atoms with Crippen molar-refractivity contribution >= 4 is 38.5 Å². The van der Waals surface area contributed by atoms with Crippen LogP contribution >= 0.6 is 15.9 Å². The smallest absolute Gasteiger partial charge is 0.261 e. The lowest BCUT2D eigenvalue weighted by Crippen LogP contribution is -2.53. The van der Waals surface area contributed by atoms with Crippen LogP contribution in [0.1, 0.15) is 31.4 Å². The van der Waals surface area contributed by atoms with E-state index in [-0.39, 0.29) is 36.8 Å². The van der Waals surface area contributed by atoms with Crippen molar-refractivity contribution in [2.45, 2.75) is 45.3 Å². The molecule has 0 saturated carbocycles. The minimum absolute atomic E-state index is 0.0525. The number of hydrogen-bond acceptors (Lipinski definition) is 3. The molecule has 5 nitrogen and oxygen atoms in total. The summed E-state index contributed by atoms with van der Waals surface area (Å²) in [6.07, 6.45) is 1.09. The Bertz CT molecular complexity index is 1410. The summed E-state index contributed by atoms with van der Waals surface area (Å²) in [6.45, 7) is 3.80. The Balaban J connectivity index is 1.64. The van der Waals surface area contributed by atoms with Gasteiger partial charge in [0, 0.05) is 19.0 Å². The number of amides is 2. The number of carbonyl (C=O) groups is 2. The van der Waals surface area contributed by atoms with Gasteiger partial charge >= 0.3 is 0 Å². The van der Waals surface area contributed by atoms with E-state index in [1.165, 1.54) is 17.0 Å². The van der Waals surface area contributed by atoms with Gasteiger partial charge in [-0.2, -0.15) is 0 Å². The Kier molecular flexibility index (Phi) is 9.71. The molecule has 39 heavy (non-hydrogen) atoms. The molecular weight excluding hydrogens is 559 g/mol. The van der Waals surface area contributed by atoms with Gasteiger partial charge in [0.25, 0.3) is 5.91 Å². The van der Waals surface area contributed by atoms with Crippen LogP contribution in [0.25, 0.3) is 10.8 Å². The lowest BCUT2D eigenvalue weighted by atomic mass is 10.0. The molecule has 202 valence electrons. The molecule has 0 aromatic heterocycles. The molecule has 4 rings (SSSR count). The van der Waals surface area contributed by atoms with Gasteiger partial charge in [-0.1, -0.05) is 79.7 Å². The number of rotatable bonds is 11. The van der Waals surface area contributed by atoms with Gasteiger partial charge in [-0.05, 0) is 69.4 Å². The highest BCUT2D eigenvalue weighted by molar-refractivity contribution is 9.10. The molecule has 1 N–H and O–H groups in total. The predicted octanol–water partition coefficient (Wildman–Crippen LogP) is 6.68. The second-order valence-corrected chi connectivity index (χ2v) is 10.4. The summed E-state index contributed by atoms with van der Waals surface area (Å²) in [7, 11) is 0. The second-order valence-electron chi connectivity index (χ2n) is 9.56. The molecule has 0 spiro atoms. The molecule has 2 unspecified atom stereocenters. The van der Waals surface area contributed by atoms with E-state index in [2.05, 4.69) is 21.2 Å². The molecule has 0 fully saturated rings. The van der Waals surface area contributed by atoms with E-state index in [1.807, 2.05) is 80.6 Å². The maximum absolute atomic E-state index is 13.8. The molecular formula is C32H32BrFN2O3. The summed E-state index contributed by atoms with van der Waals surface area (Å²) in [4.78, 5) is 28.9. The summed E-state index contributed by atoms with van der Waals surface area (Å²) < 4.78 is 20.4. The van der Waals surface area contributed by atoms with Crippen molar-refractivity contribution in [1.82, 2.24) is 10.2 Å². The first-order valence-corrected chi connectivity index (χ1v) is 13.8. The Morgan fingerprint density at radius 3 is 2.33 bits per heavy atom. The lowest BCUT2D eigenvalue weighted by Gasteiger charge is -2.32. The average Bonchev–Trinajstić information content (AvgIpc) is 2.96. The molecule has 0 bridgehead atoms. The summed E-state index contributed by atoms with van der Waals surface area (Å²) in [5.41, 5.74) is 1.64. The number of benzene rings is 4. The van der Waals surface area contributed by atoms with E-state index in [1.54, 1.807) is 12.1 Å². The van der Waals surface area contributed by atoms with E-state index in [0.29, 0.717) is 17.7 Å². The quantitative estimate of drug-likeness (QED) is 0.212. The zero-order valence-corrected chi connectivity index (χ0v) is 23.7. The van der Waals surface area contributed by atoms with Crippen LogP contribution in [0, 0.1) is 5.82 Å². The molecule has 2 atom stereocenters. The van der Waals surface area contributed by atoms with Crippen LogP contribution in [-0.2, 0) is 22.6 Å². The minimum atomic E-state index is -0.789. The first-order chi connectivity index (χ1) is 18.9. The third-order valence-corrected chi connectivity index (χ3v) is 7.54. The summed E-state index contributed by atoms with van der Waals surface area (Å²) in [5.74, 6) is -0.418. The van der Waals surface area contributed by atoms with Crippen LogP contribution in [0.3, 0.4) is 0 Å². The third kappa shape index (κ3) is 7.45. The van der Waals surface area contributed by atoms with Crippen LogP contribution < -0.4 is 10.1 Å². The zero-order valence-electron chi connectivity index (χ0n) is 22.1. The number of fused-ring (bicyclic) bond motifs is 1. The predicted molar refractivity (Wildman–Crippen MR) is 156 cm³/mol. The number of nitrogens with zero attached hydrogens (tertiary/aromatic N) is 1. The van der Waals surface area contributed by atoms with Crippen LogP contribution in [0.5, 0.6) is 5.75 Å². The van der Waals surface area contributed by atoms with Crippen molar-refractivity contribution in [1.29, 1.82) is 0 Å². The number of halogens is 2. The van der Waals surface area contributed by atoms with E-state index >= 15 is 0 Å². The van der Waals surface area contributed by atoms with Crippen LogP contribution in [0.4, 0.5) is 4.39 Å². The van der Waals surface area contributed by atoms with Crippen molar-refractivity contribution in [3.05, 3.63) is 112 Å². The molecule has 0 saturated heterocycles. The van der Waals surface area contributed by atoms with Crippen LogP contribution in [-0.4, -0.2) is 35.4 Å². The first kappa shape index (κ1) is 28.3. The van der Waals surface area contributed by atoms with Gasteiger partial charge in [0.1, 0.15) is 17.6 Å². The van der Waals surface area contributed by atoms with Gasteiger partial charge in [0.05, 0.1) is 4.47 Å². The fourth-order valence-electron chi connectivity index (χ4n) is 4.33. The highest BCUT2D eigenvalue weighted by Gasteiger charge is 2.31. The van der Waals surface area contributed by atoms with Gasteiger partial charge < -0.3 is 15.0 Å². The molecule has 0 aliphatic rings. The molecule has 2 amide bonds. The number of nitrogens with one attached hydrogen (secondary N) is 1.